The van der Waals surface area contributed by atoms with Crippen LogP contribution in [0.2, 0.25) is 0 Å². The molecule has 5 heteroatoms. The van der Waals surface area contributed by atoms with E-state index in [1.807, 2.05) is 36.4 Å². The van der Waals surface area contributed by atoms with E-state index < -0.39 is 0 Å². The standard InChI is InChI=1S/C15H15N5/c16-18-15-8-12(10-4-2-1-3-5-10)17-14-9-13(11-6-7-11)19-20(14)15/h1-5,8-9,11,18H,6-7,16H2. The molecule has 1 fully saturated rings. The van der Waals surface area contributed by atoms with Gasteiger partial charge in [-0.3, -0.25) is 0 Å². The second-order valence-corrected chi connectivity index (χ2v) is 5.15. The molecule has 0 amide bonds. The number of anilines is 1. The van der Waals surface area contributed by atoms with Crippen LogP contribution in [0.3, 0.4) is 0 Å². The van der Waals surface area contributed by atoms with Crippen molar-refractivity contribution in [3.8, 4) is 11.3 Å². The molecule has 4 rings (SSSR count). The van der Waals surface area contributed by atoms with Crippen LogP contribution in [-0.2, 0) is 0 Å². The second kappa shape index (κ2) is 4.31. The first-order valence-corrected chi connectivity index (χ1v) is 6.78. The molecule has 0 aliphatic heterocycles. The fourth-order valence-corrected chi connectivity index (χ4v) is 2.43. The van der Waals surface area contributed by atoms with E-state index in [-0.39, 0.29) is 0 Å². The fourth-order valence-electron chi connectivity index (χ4n) is 2.43. The molecule has 0 unspecified atom stereocenters. The van der Waals surface area contributed by atoms with Crippen LogP contribution >= 0.6 is 0 Å². The third-order valence-electron chi connectivity index (χ3n) is 3.66. The molecule has 1 aliphatic carbocycles. The van der Waals surface area contributed by atoms with Gasteiger partial charge in [-0.2, -0.15) is 9.61 Å². The van der Waals surface area contributed by atoms with Crippen LogP contribution in [0.1, 0.15) is 24.5 Å². The van der Waals surface area contributed by atoms with E-state index in [2.05, 4.69) is 21.6 Å². The summed E-state index contributed by atoms with van der Waals surface area (Å²) in [6.45, 7) is 0. The van der Waals surface area contributed by atoms with Crippen LogP contribution in [0.5, 0.6) is 0 Å². The summed E-state index contributed by atoms with van der Waals surface area (Å²) in [6.07, 6.45) is 2.45. The molecule has 3 aromatic rings. The number of benzene rings is 1. The Morgan fingerprint density at radius 2 is 1.95 bits per heavy atom. The fraction of sp³-hybridized carbons (Fsp3) is 0.200. The number of nitrogens with zero attached hydrogens (tertiary/aromatic N) is 3. The number of rotatable bonds is 3. The predicted molar refractivity (Wildman–Crippen MR) is 78.2 cm³/mol. The molecule has 0 bridgehead atoms. The number of hydrogen-bond donors (Lipinski definition) is 2. The zero-order valence-corrected chi connectivity index (χ0v) is 11.0. The zero-order valence-electron chi connectivity index (χ0n) is 11.0. The lowest BCUT2D eigenvalue weighted by Crippen LogP contribution is -2.12. The molecular formula is C15H15N5. The maximum atomic E-state index is 5.63. The lowest BCUT2D eigenvalue weighted by atomic mass is 10.1. The van der Waals surface area contributed by atoms with Gasteiger partial charge < -0.3 is 5.43 Å². The van der Waals surface area contributed by atoms with Gasteiger partial charge in [0, 0.05) is 23.6 Å². The summed E-state index contributed by atoms with van der Waals surface area (Å²) in [5.41, 5.74) is 6.62. The van der Waals surface area contributed by atoms with Crippen LogP contribution in [0.4, 0.5) is 5.82 Å². The van der Waals surface area contributed by atoms with E-state index in [9.17, 15) is 0 Å². The minimum absolute atomic E-state index is 0.600. The van der Waals surface area contributed by atoms with Crippen molar-refractivity contribution in [2.45, 2.75) is 18.8 Å². The Morgan fingerprint density at radius 3 is 2.65 bits per heavy atom. The smallest absolute Gasteiger partial charge is 0.158 e. The molecule has 0 spiro atoms. The number of aromatic nitrogens is 3. The average Bonchev–Trinajstić information content (AvgIpc) is 3.26. The summed E-state index contributed by atoms with van der Waals surface area (Å²) in [5.74, 6) is 6.98. The van der Waals surface area contributed by atoms with Crippen LogP contribution in [0, 0.1) is 0 Å². The monoisotopic (exact) mass is 265 g/mol. The van der Waals surface area contributed by atoms with Gasteiger partial charge in [-0.05, 0) is 12.8 Å². The Balaban J connectivity index is 1.90. The van der Waals surface area contributed by atoms with Gasteiger partial charge in [0.15, 0.2) is 5.65 Å². The molecule has 2 heterocycles. The second-order valence-electron chi connectivity index (χ2n) is 5.15. The first-order valence-electron chi connectivity index (χ1n) is 6.78. The van der Waals surface area contributed by atoms with Crippen LogP contribution in [0.25, 0.3) is 16.9 Å². The van der Waals surface area contributed by atoms with Crippen molar-refractivity contribution in [1.29, 1.82) is 0 Å². The van der Waals surface area contributed by atoms with Crippen LogP contribution < -0.4 is 11.3 Å². The average molecular weight is 265 g/mol. The van der Waals surface area contributed by atoms with Gasteiger partial charge in [0.05, 0.1) is 11.4 Å². The van der Waals surface area contributed by atoms with Crippen LogP contribution in [0.15, 0.2) is 42.5 Å². The molecule has 2 aromatic heterocycles. The maximum Gasteiger partial charge on any atom is 0.158 e. The number of nitrogen functional groups attached to an aromatic ring is 1. The first kappa shape index (κ1) is 11.4. The van der Waals surface area contributed by atoms with E-state index in [0.29, 0.717) is 5.92 Å². The predicted octanol–water partition coefficient (Wildman–Crippen LogP) is 2.56. The van der Waals surface area contributed by atoms with Crippen molar-refractivity contribution in [3.63, 3.8) is 0 Å². The van der Waals surface area contributed by atoms with E-state index >= 15 is 0 Å². The van der Waals surface area contributed by atoms with Gasteiger partial charge in [-0.15, -0.1) is 0 Å². The quantitative estimate of drug-likeness (QED) is 0.564. The van der Waals surface area contributed by atoms with Crippen molar-refractivity contribution >= 4 is 11.5 Å². The largest absolute Gasteiger partial charge is 0.308 e. The SMILES string of the molecule is NNc1cc(-c2ccccc2)nc2cc(C3CC3)nn12. The number of nitrogens with two attached hydrogens (primary N) is 1. The molecule has 20 heavy (non-hydrogen) atoms. The topological polar surface area (TPSA) is 68.2 Å². The lowest BCUT2D eigenvalue weighted by molar-refractivity contribution is 0.882. The van der Waals surface area contributed by atoms with E-state index in [4.69, 9.17) is 5.84 Å². The summed E-state index contributed by atoms with van der Waals surface area (Å²) < 4.78 is 1.78. The summed E-state index contributed by atoms with van der Waals surface area (Å²) in [6, 6.07) is 14.1. The molecule has 0 radical (unpaired) electrons. The normalized spacial score (nSPS) is 14.7. The van der Waals surface area contributed by atoms with Crippen molar-refractivity contribution in [1.82, 2.24) is 14.6 Å². The van der Waals surface area contributed by atoms with Gasteiger partial charge in [0.2, 0.25) is 0 Å². The Morgan fingerprint density at radius 1 is 1.15 bits per heavy atom. The maximum absolute atomic E-state index is 5.63. The van der Waals surface area contributed by atoms with Crippen molar-refractivity contribution in [3.05, 3.63) is 48.2 Å². The number of hydrazine groups is 1. The highest BCUT2D eigenvalue weighted by molar-refractivity contribution is 5.66. The Hall–Kier alpha value is -2.40. The summed E-state index contributed by atoms with van der Waals surface area (Å²) in [7, 11) is 0. The Labute approximate surface area is 116 Å². The van der Waals surface area contributed by atoms with Gasteiger partial charge >= 0.3 is 0 Å². The first-order chi connectivity index (χ1) is 9.85. The number of fused-ring (bicyclic) bond motifs is 1. The molecule has 1 saturated carbocycles. The van der Waals surface area contributed by atoms with Gasteiger partial charge in [0.25, 0.3) is 0 Å². The number of nitrogens with one attached hydrogen (secondary N) is 1. The van der Waals surface area contributed by atoms with E-state index in [1.165, 1.54) is 12.8 Å². The van der Waals surface area contributed by atoms with Gasteiger partial charge in [0.1, 0.15) is 5.82 Å². The zero-order chi connectivity index (χ0) is 13.5. The highest BCUT2D eigenvalue weighted by atomic mass is 15.4. The Bertz CT molecular complexity index is 759. The minimum atomic E-state index is 0.600. The molecule has 3 N–H and O–H groups in total. The minimum Gasteiger partial charge on any atom is -0.308 e. The molecule has 100 valence electrons. The molecule has 5 nitrogen and oxygen atoms in total. The van der Waals surface area contributed by atoms with Crippen LogP contribution in [-0.4, -0.2) is 14.6 Å². The summed E-state index contributed by atoms with van der Waals surface area (Å²) in [4.78, 5) is 4.69. The number of hydrogen-bond acceptors (Lipinski definition) is 4. The van der Waals surface area contributed by atoms with Gasteiger partial charge in [-0.1, -0.05) is 30.3 Å². The lowest BCUT2D eigenvalue weighted by Gasteiger charge is -2.07. The Kier molecular flexibility index (Phi) is 2.47. The molecule has 1 aromatic carbocycles. The van der Waals surface area contributed by atoms with E-state index in [1.54, 1.807) is 4.52 Å². The highest BCUT2D eigenvalue weighted by Crippen LogP contribution is 2.39. The summed E-state index contributed by atoms with van der Waals surface area (Å²) >= 11 is 0. The third kappa shape index (κ3) is 1.83. The van der Waals surface area contributed by atoms with Crippen molar-refractivity contribution in [2.75, 3.05) is 5.43 Å². The molecular weight excluding hydrogens is 250 g/mol. The highest BCUT2D eigenvalue weighted by Gasteiger charge is 2.27. The third-order valence-corrected chi connectivity index (χ3v) is 3.66. The van der Waals surface area contributed by atoms with E-state index in [0.717, 1.165) is 28.4 Å². The molecule has 0 saturated heterocycles. The van der Waals surface area contributed by atoms with Crippen molar-refractivity contribution in [2.24, 2.45) is 5.84 Å². The summed E-state index contributed by atoms with van der Waals surface area (Å²) in [5, 5.41) is 4.59. The molecule has 0 atom stereocenters. The molecule has 1 aliphatic rings. The van der Waals surface area contributed by atoms with Gasteiger partial charge in [-0.25, -0.2) is 10.8 Å². The van der Waals surface area contributed by atoms with Crippen molar-refractivity contribution < 1.29 is 0 Å².